The minimum absolute atomic E-state index is 0.105. The first-order chi connectivity index (χ1) is 11.7. The smallest absolute Gasteiger partial charge is 0.407 e. The average molecular weight is 347 g/mol. The number of hydrogen-bond acceptors (Lipinski definition) is 4. The SMILES string of the molecule is CC(C)CCn1c(CO)nc2c(CNC(=O)OC(C)(C)C)cccc21. The van der Waals surface area contributed by atoms with Crippen molar-refractivity contribution in [3.8, 4) is 0 Å². The summed E-state index contributed by atoms with van der Waals surface area (Å²) >= 11 is 0. The molecule has 138 valence electrons. The highest BCUT2D eigenvalue weighted by molar-refractivity contribution is 5.80. The number of alkyl carbamates (subject to hydrolysis) is 1. The highest BCUT2D eigenvalue weighted by Gasteiger charge is 2.17. The molecule has 6 heteroatoms. The predicted octanol–water partition coefficient (Wildman–Crippen LogP) is 3.60. The molecule has 1 heterocycles. The van der Waals surface area contributed by atoms with Gasteiger partial charge in [-0.05, 0) is 44.7 Å². The molecule has 0 saturated heterocycles. The van der Waals surface area contributed by atoms with Crippen molar-refractivity contribution in [2.75, 3.05) is 0 Å². The van der Waals surface area contributed by atoms with Gasteiger partial charge in [0.05, 0.1) is 11.0 Å². The van der Waals surface area contributed by atoms with E-state index in [-0.39, 0.29) is 6.61 Å². The fourth-order valence-electron chi connectivity index (χ4n) is 2.63. The van der Waals surface area contributed by atoms with Crippen LogP contribution in [0.5, 0.6) is 0 Å². The topological polar surface area (TPSA) is 76.4 Å². The molecule has 0 fully saturated rings. The average Bonchev–Trinajstić information content (AvgIpc) is 2.87. The van der Waals surface area contributed by atoms with Crippen LogP contribution in [0.3, 0.4) is 0 Å². The van der Waals surface area contributed by atoms with Crippen LogP contribution in [-0.2, 0) is 24.4 Å². The van der Waals surface area contributed by atoms with Gasteiger partial charge in [-0.15, -0.1) is 0 Å². The summed E-state index contributed by atoms with van der Waals surface area (Å²) in [5.74, 6) is 1.22. The van der Waals surface area contributed by atoms with E-state index >= 15 is 0 Å². The fraction of sp³-hybridized carbons (Fsp3) is 0.579. The zero-order chi connectivity index (χ0) is 18.6. The molecule has 2 N–H and O–H groups in total. The number of para-hydroxylation sites is 1. The third kappa shape index (κ3) is 5.19. The van der Waals surface area contributed by atoms with Gasteiger partial charge < -0.3 is 19.7 Å². The summed E-state index contributed by atoms with van der Waals surface area (Å²) in [7, 11) is 0. The molecule has 1 aromatic heterocycles. The summed E-state index contributed by atoms with van der Waals surface area (Å²) in [6, 6.07) is 5.88. The Morgan fingerprint density at radius 3 is 2.68 bits per heavy atom. The van der Waals surface area contributed by atoms with Gasteiger partial charge in [-0.25, -0.2) is 9.78 Å². The summed E-state index contributed by atoms with van der Waals surface area (Å²) in [6.45, 7) is 10.9. The lowest BCUT2D eigenvalue weighted by Crippen LogP contribution is -2.32. The summed E-state index contributed by atoms with van der Waals surface area (Å²) in [4.78, 5) is 16.5. The number of aliphatic hydroxyl groups excluding tert-OH is 1. The molecule has 25 heavy (non-hydrogen) atoms. The minimum atomic E-state index is -0.529. The van der Waals surface area contributed by atoms with Crippen LogP contribution in [0.1, 0.15) is 52.4 Å². The van der Waals surface area contributed by atoms with E-state index in [1.165, 1.54) is 0 Å². The Morgan fingerprint density at radius 2 is 2.08 bits per heavy atom. The highest BCUT2D eigenvalue weighted by atomic mass is 16.6. The van der Waals surface area contributed by atoms with E-state index in [1.54, 1.807) is 0 Å². The quantitative estimate of drug-likeness (QED) is 0.837. The molecule has 1 amide bonds. The number of ether oxygens (including phenoxy) is 1. The van der Waals surface area contributed by atoms with E-state index in [2.05, 4.69) is 28.7 Å². The van der Waals surface area contributed by atoms with Crippen LogP contribution >= 0.6 is 0 Å². The number of aliphatic hydroxyl groups is 1. The number of hydrogen-bond donors (Lipinski definition) is 2. The van der Waals surface area contributed by atoms with Gasteiger partial charge in [0.25, 0.3) is 0 Å². The van der Waals surface area contributed by atoms with Crippen LogP contribution in [0.25, 0.3) is 11.0 Å². The molecular formula is C19H29N3O3. The number of carbonyl (C=O) groups is 1. The maximum atomic E-state index is 11.9. The maximum Gasteiger partial charge on any atom is 0.407 e. The third-order valence-electron chi connectivity index (χ3n) is 3.84. The lowest BCUT2D eigenvalue weighted by atomic mass is 10.1. The number of benzene rings is 1. The van der Waals surface area contributed by atoms with E-state index in [4.69, 9.17) is 4.74 Å². The lowest BCUT2D eigenvalue weighted by molar-refractivity contribution is 0.0524. The number of nitrogens with one attached hydrogen (secondary N) is 1. The molecule has 2 rings (SSSR count). The maximum absolute atomic E-state index is 11.9. The van der Waals surface area contributed by atoms with Crippen LogP contribution in [-0.4, -0.2) is 26.4 Å². The molecule has 0 bridgehead atoms. The molecule has 0 saturated carbocycles. The molecule has 0 aliphatic heterocycles. The van der Waals surface area contributed by atoms with Crippen LogP contribution < -0.4 is 5.32 Å². The monoisotopic (exact) mass is 347 g/mol. The van der Waals surface area contributed by atoms with E-state index in [9.17, 15) is 9.90 Å². The third-order valence-corrected chi connectivity index (χ3v) is 3.84. The minimum Gasteiger partial charge on any atom is -0.444 e. The van der Waals surface area contributed by atoms with Gasteiger partial charge in [0.15, 0.2) is 0 Å². The van der Waals surface area contributed by atoms with E-state index in [0.717, 1.165) is 29.6 Å². The first kappa shape index (κ1) is 19.2. The van der Waals surface area contributed by atoms with Gasteiger partial charge >= 0.3 is 6.09 Å². The van der Waals surface area contributed by atoms with Crippen molar-refractivity contribution in [3.05, 3.63) is 29.6 Å². The molecule has 0 spiro atoms. The van der Waals surface area contributed by atoms with Gasteiger partial charge in [0.2, 0.25) is 0 Å². The number of fused-ring (bicyclic) bond motifs is 1. The molecule has 0 unspecified atom stereocenters. The molecular weight excluding hydrogens is 318 g/mol. The van der Waals surface area contributed by atoms with Crippen LogP contribution in [0.4, 0.5) is 4.79 Å². The van der Waals surface area contributed by atoms with Crippen molar-refractivity contribution in [1.82, 2.24) is 14.9 Å². The Balaban J connectivity index is 2.22. The van der Waals surface area contributed by atoms with Crippen LogP contribution in [0, 0.1) is 5.92 Å². The molecule has 1 aromatic carbocycles. The Labute approximate surface area is 149 Å². The second-order valence-electron chi connectivity index (χ2n) is 7.66. The lowest BCUT2D eigenvalue weighted by Gasteiger charge is -2.19. The number of aryl methyl sites for hydroxylation is 1. The normalized spacial score (nSPS) is 12.0. The second-order valence-corrected chi connectivity index (χ2v) is 7.66. The van der Waals surface area contributed by atoms with Gasteiger partial charge in [0.1, 0.15) is 18.0 Å². The number of rotatable bonds is 6. The summed E-state index contributed by atoms with van der Waals surface area (Å²) in [6.07, 6.45) is 0.560. The number of nitrogens with zero attached hydrogens (tertiary/aromatic N) is 2. The van der Waals surface area contributed by atoms with E-state index in [0.29, 0.717) is 18.3 Å². The summed E-state index contributed by atoms with van der Waals surface area (Å²) in [5, 5.41) is 12.4. The van der Waals surface area contributed by atoms with Crippen molar-refractivity contribution < 1.29 is 14.6 Å². The van der Waals surface area contributed by atoms with Crippen molar-refractivity contribution >= 4 is 17.1 Å². The Morgan fingerprint density at radius 1 is 1.36 bits per heavy atom. The van der Waals surface area contributed by atoms with E-state index < -0.39 is 11.7 Å². The zero-order valence-electron chi connectivity index (χ0n) is 15.8. The Bertz CT molecular complexity index is 729. The summed E-state index contributed by atoms with van der Waals surface area (Å²) < 4.78 is 7.33. The highest BCUT2D eigenvalue weighted by Crippen LogP contribution is 2.22. The number of amides is 1. The molecule has 2 aromatic rings. The number of imidazole rings is 1. The fourth-order valence-corrected chi connectivity index (χ4v) is 2.63. The Kier molecular flexibility index (Phi) is 6.06. The largest absolute Gasteiger partial charge is 0.444 e. The van der Waals surface area contributed by atoms with Crippen LogP contribution in [0.2, 0.25) is 0 Å². The predicted molar refractivity (Wildman–Crippen MR) is 98.2 cm³/mol. The molecule has 6 nitrogen and oxygen atoms in total. The molecule has 0 aliphatic rings. The zero-order valence-corrected chi connectivity index (χ0v) is 15.8. The molecule has 0 aliphatic carbocycles. The van der Waals surface area contributed by atoms with Crippen molar-refractivity contribution in [2.24, 2.45) is 5.92 Å². The van der Waals surface area contributed by atoms with Gasteiger partial charge in [-0.2, -0.15) is 0 Å². The van der Waals surface area contributed by atoms with Crippen molar-refractivity contribution in [2.45, 2.75) is 66.3 Å². The summed E-state index contributed by atoms with van der Waals surface area (Å²) in [5.41, 5.74) is 2.17. The van der Waals surface area contributed by atoms with Crippen LogP contribution in [0.15, 0.2) is 18.2 Å². The van der Waals surface area contributed by atoms with Gasteiger partial charge in [-0.1, -0.05) is 26.0 Å². The first-order valence-electron chi connectivity index (χ1n) is 8.76. The van der Waals surface area contributed by atoms with E-state index in [1.807, 2.05) is 39.0 Å². The Hall–Kier alpha value is -2.08. The molecule has 0 atom stereocenters. The van der Waals surface area contributed by atoms with Gasteiger partial charge in [0, 0.05) is 13.1 Å². The standard InChI is InChI=1S/C19H29N3O3/c1-13(2)9-10-22-15-8-6-7-14(17(15)21-16(22)12-23)11-20-18(24)25-19(3,4)5/h6-8,13,23H,9-12H2,1-5H3,(H,20,24). The van der Waals surface area contributed by atoms with Crippen molar-refractivity contribution in [3.63, 3.8) is 0 Å². The second kappa shape index (κ2) is 7.87. The van der Waals surface area contributed by atoms with Crippen molar-refractivity contribution in [1.29, 1.82) is 0 Å². The number of carbonyl (C=O) groups excluding carboxylic acids is 1. The first-order valence-corrected chi connectivity index (χ1v) is 8.76. The molecule has 0 radical (unpaired) electrons. The number of aromatic nitrogens is 2. The van der Waals surface area contributed by atoms with Gasteiger partial charge in [-0.3, -0.25) is 0 Å².